The second kappa shape index (κ2) is 1.87. The first-order valence-corrected chi connectivity index (χ1v) is 3.08. The van der Waals surface area contributed by atoms with E-state index in [-0.39, 0.29) is 5.54 Å². The van der Waals surface area contributed by atoms with Crippen molar-refractivity contribution in [1.29, 1.82) is 0 Å². The van der Waals surface area contributed by atoms with Crippen LogP contribution in [0.4, 0.5) is 0 Å². The minimum absolute atomic E-state index is 0.0567. The van der Waals surface area contributed by atoms with Gasteiger partial charge in [0.2, 0.25) is 0 Å². The lowest BCUT2D eigenvalue weighted by molar-refractivity contribution is 0.489. The van der Waals surface area contributed by atoms with Gasteiger partial charge in [-0.2, -0.15) is 0 Å². The maximum absolute atomic E-state index is 4.26. The molecule has 1 aliphatic heterocycles. The zero-order valence-electron chi connectivity index (χ0n) is 5.94. The summed E-state index contributed by atoms with van der Waals surface area (Å²) in [6, 6.07) is 0. The van der Waals surface area contributed by atoms with E-state index in [2.05, 4.69) is 30.7 Å². The summed E-state index contributed by atoms with van der Waals surface area (Å²) in [5, 5.41) is 3.13. The highest BCUT2D eigenvalue weighted by atomic mass is 15.0. The van der Waals surface area contributed by atoms with Crippen molar-refractivity contribution in [2.75, 3.05) is 6.54 Å². The largest absolute Gasteiger partial charge is 0.382 e. The number of hydrogen-bond donors (Lipinski definition) is 1. The second-order valence-corrected chi connectivity index (χ2v) is 2.95. The molecule has 0 bridgehead atoms. The Balaban J connectivity index is 2.69. The molecule has 0 radical (unpaired) electrons. The summed E-state index contributed by atoms with van der Waals surface area (Å²) in [6.07, 6.45) is 1.78. The lowest BCUT2D eigenvalue weighted by Gasteiger charge is -2.25. The first kappa shape index (κ1) is 6.33. The van der Waals surface area contributed by atoms with Gasteiger partial charge in [-0.1, -0.05) is 6.58 Å². The van der Waals surface area contributed by atoms with Crippen LogP contribution in [0, 0.1) is 0 Å². The van der Waals surface area contributed by atoms with E-state index in [9.17, 15) is 0 Å². The standard InChI is InChI=1S/C7H12N2/c1-6-4-9-7(2,3)5-8-6/h4,8H,1,5H2,2-3H3. The van der Waals surface area contributed by atoms with Crippen LogP contribution in [-0.4, -0.2) is 18.3 Å². The summed E-state index contributed by atoms with van der Waals surface area (Å²) >= 11 is 0. The monoisotopic (exact) mass is 124 g/mol. The van der Waals surface area contributed by atoms with Gasteiger partial charge >= 0.3 is 0 Å². The Bertz CT molecular complexity index is 156. The fourth-order valence-corrected chi connectivity index (χ4v) is 0.674. The van der Waals surface area contributed by atoms with Gasteiger partial charge in [-0.15, -0.1) is 0 Å². The van der Waals surface area contributed by atoms with Gasteiger partial charge in [0.15, 0.2) is 0 Å². The number of rotatable bonds is 0. The molecule has 2 heteroatoms. The number of hydrogen-bond acceptors (Lipinski definition) is 2. The van der Waals surface area contributed by atoms with Crippen molar-refractivity contribution in [3.8, 4) is 0 Å². The molecule has 9 heavy (non-hydrogen) atoms. The van der Waals surface area contributed by atoms with Crippen molar-refractivity contribution in [2.45, 2.75) is 19.4 Å². The molecule has 1 rings (SSSR count). The zero-order chi connectivity index (χ0) is 6.91. The van der Waals surface area contributed by atoms with Crippen LogP contribution in [-0.2, 0) is 0 Å². The third kappa shape index (κ3) is 1.56. The minimum Gasteiger partial charge on any atom is -0.382 e. The maximum Gasteiger partial charge on any atom is 0.0724 e. The Labute approximate surface area is 55.7 Å². The summed E-state index contributed by atoms with van der Waals surface area (Å²) in [7, 11) is 0. The molecular formula is C7H12N2. The summed E-state index contributed by atoms with van der Waals surface area (Å²) in [5.74, 6) is 0. The molecule has 0 aromatic carbocycles. The van der Waals surface area contributed by atoms with E-state index in [0.29, 0.717) is 0 Å². The van der Waals surface area contributed by atoms with Gasteiger partial charge < -0.3 is 5.32 Å². The van der Waals surface area contributed by atoms with Crippen molar-refractivity contribution in [3.05, 3.63) is 12.3 Å². The van der Waals surface area contributed by atoms with Crippen LogP contribution in [0.3, 0.4) is 0 Å². The summed E-state index contributed by atoms with van der Waals surface area (Å²) in [5.41, 5.74) is 0.968. The summed E-state index contributed by atoms with van der Waals surface area (Å²) in [4.78, 5) is 4.26. The second-order valence-electron chi connectivity index (χ2n) is 2.95. The average molecular weight is 124 g/mol. The fourth-order valence-electron chi connectivity index (χ4n) is 0.674. The topological polar surface area (TPSA) is 24.4 Å². The first-order chi connectivity index (χ1) is 4.10. The van der Waals surface area contributed by atoms with Crippen molar-refractivity contribution in [1.82, 2.24) is 5.32 Å². The smallest absolute Gasteiger partial charge is 0.0724 e. The third-order valence-corrected chi connectivity index (χ3v) is 1.32. The van der Waals surface area contributed by atoms with E-state index in [4.69, 9.17) is 0 Å². The fraction of sp³-hybridized carbons (Fsp3) is 0.571. The van der Waals surface area contributed by atoms with E-state index in [1.807, 2.05) is 0 Å². The Morgan fingerprint density at radius 1 is 1.78 bits per heavy atom. The SMILES string of the molecule is C=C1C=NC(C)(C)CN1. The molecule has 0 amide bonds. The Morgan fingerprint density at radius 3 is 2.78 bits per heavy atom. The molecule has 0 aromatic heterocycles. The van der Waals surface area contributed by atoms with Gasteiger partial charge in [0, 0.05) is 18.5 Å². The van der Waals surface area contributed by atoms with E-state index in [1.54, 1.807) is 6.21 Å². The van der Waals surface area contributed by atoms with Gasteiger partial charge in [-0.25, -0.2) is 0 Å². The lowest BCUT2D eigenvalue weighted by atomic mass is 10.1. The molecule has 0 unspecified atom stereocenters. The predicted octanol–water partition coefficient (Wildman–Crippen LogP) is 0.953. The van der Waals surface area contributed by atoms with Crippen molar-refractivity contribution < 1.29 is 0 Å². The van der Waals surface area contributed by atoms with Gasteiger partial charge in [0.25, 0.3) is 0 Å². The molecular weight excluding hydrogens is 112 g/mol. The summed E-state index contributed by atoms with van der Waals surface area (Å²) < 4.78 is 0. The van der Waals surface area contributed by atoms with Crippen LogP contribution in [0.1, 0.15) is 13.8 Å². The molecule has 0 saturated carbocycles. The van der Waals surface area contributed by atoms with Gasteiger partial charge in [-0.3, -0.25) is 4.99 Å². The van der Waals surface area contributed by atoms with Crippen LogP contribution >= 0.6 is 0 Å². The Kier molecular flexibility index (Phi) is 1.31. The third-order valence-electron chi connectivity index (χ3n) is 1.32. The summed E-state index contributed by atoms with van der Waals surface area (Å²) in [6.45, 7) is 8.78. The molecule has 0 aromatic rings. The predicted molar refractivity (Wildman–Crippen MR) is 39.7 cm³/mol. The lowest BCUT2D eigenvalue weighted by Crippen LogP contribution is -2.37. The van der Waals surface area contributed by atoms with Crippen LogP contribution in [0.5, 0.6) is 0 Å². The van der Waals surface area contributed by atoms with Crippen molar-refractivity contribution >= 4 is 6.21 Å². The van der Waals surface area contributed by atoms with Crippen LogP contribution in [0.2, 0.25) is 0 Å². The zero-order valence-corrected chi connectivity index (χ0v) is 5.94. The number of allylic oxidation sites excluding steroid dienone is 1. The van der Waals surface area contributed by atoms with Crippen LogP contribution < -0.4 is 5.32 Å². The minimum atomic E-state index is 0.0567. The molecule has 0 fully saturated rings. The highest BCUT2D eigenvalue weighted by Crippen LogP contribution is 2.10. The number of aliphatic imine (C=N–C) groups is 1. The number of nitrogens with zero attached hydrogens (tertiary/aromatic N) is 1. The first-order valence-electron chi connectivity index (χ1n) is 3.08. The maximum atomic E-state index is 4.26. The molecule has 0 saturated heterocycles. The van der Waals surface area contributed by atoms with E-state index in [1.165, 1.54) is 0 Å². The van der Waals surface area contributed by atoms with Gasteiger partial charge in [-0.05, 0) is 13.8 Å². The van der Waals surface area contributed by atoms with E-state index in [0.717, 1.165) is 12.2 Å². The van der Waals surface area contributed by atoms with Crippen LogP contribution in [0.15, 0.2) is 17.3 Å². The highest BCUT2D eigenvalue weighted by Gasteiger charge is 2.17. The average Bonchev–Trinajstić information content (AvgIpc) is 1.78. The van der Waals surface area contributed by atoms with Crippen molar-refractivity contribution in [2.24, 2.45) is 4.99 Å². The molecule has 1 heterocycles. The van der Waals surface area contributed by atoms with Crippen LogP contribution in [0.25, 0.3) is 0 Å². The Morgan fingerprint density at radius 2 is 2.44 bits per heavy atom. The molecule has 0 aliphatic carbocycles. The van der Waals surface area contributed by atoms with Crippen molar-refractivity contribution in [3.63, 3.8) is 0 Å². The van der Waals surface area contributed by atoms with Gasteiger partial charge in [0.05, 0.1) is 5.54 Å². The van der Waals surface area contributed by atoms with E-state index < -0.39 is 0 Å². The quantitative estimate of drug-likeness (QED) is 0.511. The molecule has 1 aliphatic rings. The van der Waals surface area contributed by atoms with E-state index >= 15 is 0 Å². The molecule has 1 N–H and O–H groups in total. The van der Waals surface area contributed by atoms with Gasteiger partial charge in [0.1, 0.15) is 0 Å². The highest BCUT2D eigenvalue weighted by molar-refractivity contribution is 5.78. The molecule has 2 nitrogen and oxygen atoms in total. The molecule has 0 atom stereocenters. The normalized spacial score (nSPS) is 23.6. The number of nitrogens with one attached hydrogen (secondary N) is 1. The Hall–Kier alpha value is -0.790. The molecule has 0 spiro atoms. The molecule has 50 valence electrons.